The minimum atomic E-state index is -0.680. The van der Waals surface area contributed by atoms with Crippen LogP contribution in [0.5, 0.6) is 0 Å². The van der Waals surface area contributed by atoms with Crippen molar-refractivity contribution in [3.05, 3.63) is 23.2 Å². The summed E-state index contributed by atoms with van der Waals surface area (Å²) in [7, 11) is 0. The van der Waals surface area contributed by atoms with Crippen LogP contribution in [-0.2, 0) is 4.79 Å². The average molecular weight is 223 g/mol. The van der Waals surface area contributed by atoms with Gasteiger partial charge >= 0.3 is 0 Å². The summed E-state index contributed by atoms with van der Waals surface area (Å²) in [6.07, 6.45) is 1.28. The molecule has 0 radical (unpaired) electrons. The molecule has 1 aliphatic rings. The zero-order valence-corrected chi connectivity index (χ0v) is 9.62. The Bertz CT molecular complexity index is 393. The van der Waals surface area contributed by atoms with Gasteiger partial charge in [-0.1, -0.05) is 0 Å². The van der Waals surface area contributed by atoms with Gasteiger partial charge in [-0.25, -0.2) is 0 Å². The first-order chi connectivity index (χ1) is 7.58. The average Bonchev–Trinajstić information content (AvgIpc) is 3.01. The Labute approximate surface area is 94.6 Å². The molecule has 1 atom stereocenters. The van der Waals surface area contributed by atoms with Crippen molar-refractivity contribution in [3.63, 3.8) is 0 Å². The maximum absolute atomic E-state index is 11.4. The molecule has 1 aliphatic carbocycles. The Morgan fingerprint density at radius 3 is 2.81 bits per heavy atom. The van der Waals surface area contributed by atoms with Gasteiger partial charge in [0, 0.05) is 18.0 Å². The third-order valence-electron chi connectivity index (χ3n) is 2.86. The molecule has 1 aromatic heterocycles. The molecule has 0 aliphatic heterocycles. The fraction of sp³-hybridized carbons (Fsp3) is 0.583. The quantitative estimate of drug-likeness (QED) is 0.812. The maximum atomic E-state index is 11.4. The van der Waals surface area contributed by atoms with E-state index in [9.17, 15) is 9.90 Å². The van der Waals surface area contributed by atoms with Gasteiger partial charge in [-0.2, -0.15) is 0 Å². The zero-order valence-electron chi connectivity index (χ0n) is 9.62. The van der Waals surface area contributed by atoms with Crippen LogP contribution in [0.2, 0.25) is 0 Å². The summed E-state index contributed by atoms with van der Waals surface area (Å²) in [5, 5.41) is 12.6. The van der Waals surface area contributed by atoms with Gasteiger partial charge in [0.1, 0.15) is 11.5 Å². The standard InChI is InChI=1S/C12H17NO3/c1-7-5-10(8(2)16-7)11(14)6-13-12(15)9-3-4-9/h5,9,11,14H,3-4,6H2,1-2H3,(H,13,15). The van der Waals surface area contributed by atoms with Gasteiger partial charge in [0.2, 0.25) is 5.91 Å². The number of amides is 1. The first-order valence-electron chi connectivity index (χ1n) is 5.60. The number of rotatable bonds is 4. The van der Waals surface area contributed by atoms with Crippen molar-refractivity contribution in [2.75, 3.05) is 6.54 Å². The molecule has 0 spiro atoms. The van der Waals surface area contributed by atoms with Crippen LogP contribution >= 0.6 is 0 Å². The molecule has 1 saturated carbocycles. The van der Waals surface area contributed by atoms with E-state index in [0.717, 1.165) is 24.2 Å². The topological polar surface area (TPSA) is 62.5 Å². The Morgan fingerprint density at radius 1 is 1.62 bits per heavy atom. The van der Waals surface area contributed by atoms with E-state index in [0.29, 0.717) is 5.76 Å². The summed E-state index contributed by atoms with van der Waals surface area (Å²) in [5.74, 6) is 1.72. The molecular weight excluding hydrogens is 206 g/mol. The molecule has 16 heavy (non-hydrogen) atoms. The van der Waals surface area contributed by atoms with Gasteiger partial charge < -0.3 is 14.8 Å². The molecule has 1 aromatic rings. The van der Waals surface area contributed by atoms with Gasteiger partial charge in [0.25, 0.3) is 0 Å². The lowest BCUT2D eigenvalue weighted by molar-refractivity contribution is -0.122. The van der Waals surface area contributed by atoms with Crippen molar-refractivity contribution in [1.82, 2.24) is 5.32 Å². The van der Waals surface area contributed by atoms with Crippen LogP contribution in [-0.4, -0.2) is 17.6 Å². The summed E-state index contributed by atoms with van der Waals surface area (Å²) >= 11 is 0. The summed E-state index contributed by atoms with van der Waals surface area (Å²) in [5.41, 5.74) is 0.758. The molecule has 0 bridgehead atoms. The van der Waals surface area contributed by atoms with Gasteiger partial charge in [-0.15, -0.1) is 0 Å². The minimum Gasteiger partial charge on any atom is -0.466 e. The second kappa shape index (κ2) is 4.29. The van der Waals surface area contributed by atoms with E-state index in [1.165, 1.54) is 0 Å². The van der Waals surface area contributed by atoms with Gasteiger partial charge in [-0.05, 0) is 32.8 Å². The molecule has 0 aromatic carbocycles. The number of carbonyl (C=O) groups is 1. The molecular formula is C12H17NO3. The smallest absolute Gasteiger partial charge is 0.223 e. The fourth-order valence-corrected chi connectivity index (χ4v) is 1.78. The molecule has 2 N–H and O–H groups in total. The van der Waals surface area contributed by atoms with Gasteiger partial charge in [0.05, 0.1) is 6.10 Å². The summed E-state index contributed by atoms with van der Waals surface area (Å²) in [6, 6.07) is 1.81. The second-order valence-electron chi connectivity index (χ2n) is 4.40. The molecule has 88 valence electrons. The maximum Gasteiger partial charge on any atom is 0.223 e. The van der Waals surface area contributed by atoms with E-state index in [4.69, 9.17) is 4.42 Å². The third-order valence-corrected chi connectivity index (χ3v) is 2.86. The summed E-state index contributed by atoms with van der Waals surface area (Å²) < 4.78 is 5.33. The monoisotopic (exact) mass is 223 g/mol. The summed E-state index contributed by atoms with van der Waals surface area (Å²) in [6.45, 7) is 3.91. The van der Waals surface area contributed by atoms with E-state index >= 15 is 0 Å². The number of aliphatic hydroxyl groups excluding tert-OH is 1. The van der Waals surface area contributed by atoms with E-state index in [1.807, 2.05) is 19.9 Å². The lowest BCUT2D eigenvalue weighted by Crippen LogP contribution is -2.29. The zero-order chi connectivity index (χ0) is 11.7. The third kappa shape index (κ3) is 2.44. The molecule has 4 heteroatoms. The lowest BCUT2D eigenvalue weighted by Gasteiger charge is -2.10. The molecule has 4 nitrogen and oxygen atoms in total. The number of nitrogens with one attached hydrogen (secondary N) is 1. The van der Waals surface area contributed by atoms with E-state index in [-0.39, 0.29) is 18.4 Å². The van der Waals surface area contributed by atoms with Crippen molar-refractivity contribution in [2.45, 2.75) is 32.8 Å². The largest absolute Gasteiger partial charge is 0.466 e. The van der Waals surface area contributed by atoms with Crippen LogP contribution in [0.25, 0.3) is 0 Å². The van der Waals surface area contributed by atoms with Crippen molar-refractivity contribution < 1.29 is 14.3 Å². The Hall–Kier alpha value is -1.29. The highest BCUT2D eigenvalue weighted by Crippen LogP contribution is 2.29. The normalized spacial score (nSPS) is 17.2. The Kier molecular flexibility index (Phi) is 3.01. The molecule has 0 saturated heterocycles. The van der Waals surface area contributed by atoms with E-state index in [2.05, 4.69) is 5.32 Å². The van der Waals surface area contributed by atoms with Crippen LogP contribution in [0, 0.1) is 19.8 Å². The number of carbonyl (C=O) groups excluding carboxylic acids is 1. The molecule has 1 heterocycles. The van der Waals surface area contributed by atoms with Crippen molar-refractivity contribution in [3.8, 4) is 0 Å². The minimum absolute atomic E-state index is 0.0527. The van der Waals surface area contributed by atoms with Crippen LogP contribution in [0.1, 0.15) is 36.0 Å². The van der Waals surface area contributed by atoms with E-state index in [1.54, 1.807) is 0 Å². The Morgan fingerprint density at radius 2 is 2.31 bits per heavy atom. The fourth-order valence-electron chi connectivity index (χ4n) is 1.78. The number of aryl methyl sites for hydroxylation is 2. The van der Waals surface area contributed by atoms with Gasteiger partial charge in [-0.3, -0.25) is 4.79 Å². The number of hydrogen-bond donors (Lipinski definition) is 2. The predicted molar refractivity (Wildman–Crippen MR) is 58.9 cm³/mol. The van der Waals surface area contributed by atoms with E-state index < -0.39 is 6.10 Å². The molecule has 1 fully saturated rings. The highest BCUT2D eigenvalue weighted by molar-refractivity contribution is 5.80. The van der Waals surface area contributed by atoms with Crippen molar-refractivity contribution >= 4 is 5.91 Å². The number of furan rings is 1. The summed E-state index contributed by atoms with van der Waals surface area (Å²) in [4.78, 5) is 11.4. The first-order valence-corrected chi connectivity index (χ1v) is 5.60. The van der Waals surface area contributed by atoms with Crippen molar-refractivity contribution in [2.24, 2.45) is 5.92 Å². The van der Waals surface area contributed by atoms with Crippen LogP contribution in [0.4, 0.5) is 0 Å². The molecule has 1 unspecified atom stereocenters. The molecule has 2 rings (SSSR count). The highest BCUT2D eigenvalue weighted by Gasteiger charge is 2.29. The number of aliphatic hydroxyl groups is 1. The second-order valence-corrected chi connectivity index (χ2v) is 4.40. The molecule has 1 amide bonds. The first kappa shape index (κ1) is 11.2. The van der Waals surface area contributed by atoms with Gasteiger partial charge in [0.15, 0.2) is 0 Å². The van der Waals surface area contributed by atoms with Crippen LogP contribution in [0.3, 0.4) is 0 Å². The van der Waals surface area contributed by atoms with Crippen LogP contribution < -0.4 is 5.32 Å². The SMILES string of the molecule is Cc1cc(C(O)CNC(=O)C2CC2)c(C)o1. The highest BCUT2D eigenvalue weighted by atomic mass is 16.3. The van der Waals surface area contributed by atoms with Crippen LogP contribution in [0.15, 0.2) is 10.5 Å². The lowest BCUT2D eigenvalue weighted by atomic mass is 10.1. The van der Waals surface area contributed by atoms with Crippen molar-refractivity contribution in [1.29, 1.82) is 0 Å². The predicted octanol–water partition coefficient (Wildman–Crippen LogP) is 1.46. The Balaban J connectivity index is 1.89. The number of hydrogen-bond acceptors (Lipinski definition) is 3.